The molecule has 1 amide bonds. The molecule has 134 valence electrons. The first-order valence-corrected chi connectivity index (χ1v) is 9.85. The van der Waals surface area contributed by atoms with Crippen molar-refractivity contribution in [3.63, 3.8) is 0 Å². The summed E-state index contributed by atoms with van der Waals surface area (Å²) in [6.07, 6.45) is 7.52. The second kappa shape index (κ2) is 7.25. The van der Waals surface area contributed by atoms with Crippen molar-refractivity contribution in [3.8, 4) is 11.5 Å². The van der Waals surface area contributed by atoms with Gasteiger partial charge in [0.25, 0.3) is 5.89 Å². The molecular weight excluding hydrogens is 338 g/mol. The van der Waals surface area contributed by atoms with Gasteiger partial charge in [-0.15, -0.1) is 11.3 Å². The quantitative estimate of drug-likeness (QED) is 0.868. The van der Waals surface area contributed by atoms with Crippen molar-refractivity contribution in [1.82, 2.24) is 10.1 Å². The predicted molar refractivity (Wildman–Crippen MR) is 95.5 cm³/mol. The Labute approximate surface area is 151 Å². The molecule has 1 fully saturated rings. The average Bonchev–Trinajstić information content (AvgIpc) is 3.32. The van der Waals surface area contributed by atoms with E-state index >= 15 is 0 Å². The van der Waals surface area contributed by atoms with Crippen LogP contribution in [0.4, 0.5) is 5.00 Å². The maximum atomic E-state index is 12.5. The van der Waals surface area contributed by atoms with E-state index in [0.717, 1.165) is 28.3 Å². The van der Waals surface area contributed by atoms with Gasteiger partial charge in [-0.3, -0.25) is 4.79 Å². The van der Waals surface area contributed by atoms with E-state index in [0.29, 0.717) is 37.3 Å². The van der Waals surface area contributed by atoms with Crippen molar-refractivity contribution in [2.75, 3.05) is 11.9 Å². The summed E-state index contributed by atoms with van der Waals surface area (Å²) in [6, 6.07) is 0. The molecule has 0 bridgehead atoms. The van der Waals surface area contributed by atoms with Crippen molar-refractivity contribution in [1.29, 1.82) is 0 Å². The van der Waals surface area contributed by atoms with Gasteiger partial charge in [0.2, 0.25) is 5.91 Å². The fraction of sp³-hybridized carbons (Fsp3) is 0.611. The Morgan fingerprint density at radius 1 is 1.36 bits per heavy atom. The van der Waals surface area contributed by atoms with Gasteiger partial charge in [0.1, 0.15) is 5.00 Å². The fourth-order valence-corrected chi connectivity index (χ4v) is 4.96. The summed E-state index contributed by atoms with van der Waals surface area (Å²) in [5.41, 5.74) is 2.06. The lowest BCUT2D eigenvalue weighted by atomic mass is 10.0. The molecule has 0 saturated heterocycles. The van der Waals surface area contributed by atoms with E-state index in [-0.39, 0.29) is 5.91 Å². The van der Waals surface area contributed by atoms with Crippen molar-refractivity contribution >= 4 is 22.2 Å². The number of thiophene rings is 1. The molecule has 1 saturated carbocycles. The Hall–Kier alpha value is -1.73. The van der Waals surface area contributed by atoms with Gasteiger partial charge in [0, 0.05) is 11.3 Å². The summed E-state index contributed by atoms with van der Waals surface area (Å²) in [6.45, 7) is 3.06. The number of amides is 1. The highest BCUT2D eigenvalue weighted by molar-refractivity contribution is 7.17. The average molecular weight is 361 g/mol. The Morgan fingerprint density at radius 3 is 2.96 bits per heavy atom. The lowest BCUT2D eigenvalue weighted by Gasteiger charge is -2.12. The SMILES string of the molecule is Cc1noc(-c2c(NC(=O)CCC3CCCC3)sc3c2CCOC3)n1. The van der Waals surface area contributed by atoms with E-state index in [2.05, 4.69) is 15.5 Å². The van der Waals surface area contributed by atoms with E-state index in [1.54, 1.807) is 18.3 Å². The van der Waals surface area contributed by atoms with E-state index < -0.39 is 0 Å². The highest BCUT2D eigenvalue weighted by Gasteiger charge is 2.27. The number of aromatic nitrogens is 2. The third kappa shape index (κ3) is 3.62. The van der Waals surface area contributed by atoms with Gasteiger partial charge in [-0.25, -0.2) is 0 Å². The standard InChI is InChI=1S/C18H23N3O3S/c1-11-19-17(24-21-11)16-13-8-9-23-10-14(13)25-18(16)20-15(22)7-6-12-4-2-3-5-12/h12H,2-10H2,1H3,(H,20,22). The largest absolute Gasteiger partial charge is 0.376 e. The number of fused-ring (bicyclic) bond motifs is 1. The number of anilines is 1. The van der Waals surface area contributed by atoms with Crippen LogP contribution in [-0.4, -0.2) is 22.7 Å². The number of rotatable bonds is 5. The third-order valence-electron chi connectivity index (χ3n) is 5.07. The van der Waals surface area contributed by atoms with Crippen LogP contribution >= 0.6 is 11.3 Å². The molecule has 25 heavy (non-hydrogen) atoms. The number of carbonyl (C=O) groups is 1. The lowest BCUT2D eigenvalue weighted by molar-refractivity contribution is -0.116. The Bertz CT molecular complexity index is 762. The molecule has 0 radical (unpaired) electrons. The maximum absolute atomic E-state index is 12.5. The number of nitrogens with zero attached hydrogens (tertiary/aromatic N) is 2. The van der Waals surface area contributed by atoms with Gasteiger partial charge in [-0.05, 0) is 31.2 Å². The molecule has 2 aliphatic rings. The van der Waals surface area contributed by atoms with Gasteiger partial charge in [0.05, 0.1) is 18.8 Å². The van der Waals surface area contributed by atoms with Gasteiger partial charge in [-0.1, -0.05) is 30.8 Å². The van der Waals surface area contributed by atoms with Crippen LogP contribution in [0.15, 0.2) is 4.52 Å². The Morgan fingerprint density at radius 2 is 2.20 bits per heavy atom. The van der Waals surface area contributed by atoms with Crippen LogP contribution in [0.2, 0.25) is 0 Å². The van der Waals surface area contributed by atoms with Crippen molar-refractivity contribution in [3.05, 3.63) is 16.3 Å². The Balaban J connectivity index is 1.53. The monoisotopic (exact) mass is 361 g/mol. The summed E-state index contributed by atoms with van der Waals surface area (Å²) in [5.74, 6) is 1.88. The zero-order valence-corrected chi connectivity index (χ0v) is 15.3. The molecule has 1 aliphatic carbocycles. The second-order valence-electron chi connectivity index (χ2n) is 6.89. The summed E-state index contributed by atoms with van der Waals surface area (Å²) in [5, 5.41) is 7.82. The van der Waals surface area contributed by atoms with Crippen molar-refractivity contribution < 1.29 is 14.1 Å². The molecule has 1 N–H and O–H groups in total. The smallest absolute Gasteiger partial charge is 0.261 e. The predicted octanol–water partition coefficient (Wildman–Crippen LogP) is 4.09. The van der Waals surface area contributed by atoms with Crippen LogP contribution in [0.1, 0.15) is 54.8 Å². The van der Waals surface area contributed by atoms with Crippen LogP contribution < -0.4 is 5.32 Å². The minimum Gasteiger partial charge on any atom is -0.376 e. The highest BCUT2D eigenvalue weighted by Crippen LogP contribution is 2.42. The summed E-state index contributed by atoms with van der Waals surface area (Å²) in [4.78, 5) is 18.0. The van der Waals surface area contributed by atoms with Crippen LogP contribution in [0.25, 0.3) is 11.5 Å². The first-order valence-electron chi connectivity index (χ1n) is 9.03. The summed E-state index contributed by atoms with van der Waals surface area (Å²) < 4.78 is 10.9. The minimum absolute atomic E-state index is 0.0731. The molecular formula is C18H23N3O3S. The zero-order valence-electron chi connectivity index (χ0n) is 14.5. The molecule has 4 rings (SSSR count). The van der Waals surface area contributed by atoms with Crippen LogP contribution in [0.3, 0.4) is 0 Å². The molecule has 3 heterocycles. The van der Waals surface area contributed by atoms with Gasteiger partial charge >= 0.3 is 0 Å². The number of hydrogen-bond acceptors (Lipinski definition) is 6. The van der Waals surface area contributed by atoms with Crippen LogP contribution in [0.5, 0.6) is 0 Å². The number of hydrogen-bond donors (Lipinski definition) is 1. The molecule has 6 nitrogen and oxygen atoms in total. The first kappa shape index (κ1) is 16.7. The van der Waals surface area contributed by atoms with Crippen LogP contribution in [0, 0.1) is 12.8 Å². The van der Waals surface area contributed by atoms with Crippen LogP contribution in [-0.2, 0) is 22.6 Å². The zero-order chi connectivity index (χ0) is 17.2. The number of carbonyl (C=O) groups excluding carboxylic acids is 1. The minimum atomic E-state index is 0.0731. The summed E-state index contributed by atoms with van der Waals surface area (Å²) in [7, 11) is 0. The molecule has 0 aromatic carbocycles. The molecule has 0 atom stereocenters. The first-order chi connectivity index (χ1) is 12.2. The van der Waals surface area contributed by atoms with Crippen molar-refractivity contribution in [2.45, 2.75) is 58.5 Å². The molecule has 0 spiro atoms. The third-order valence-corrected chi connectivity index (χ3v) is 6.19. The molecule has 7 heteroatoms. The second-order valence-corrected chi connectivity index (χ2v) is 8.00. The molecule has 0 unspecified atom stereocenters. The van der Waals surface area contributed by atoms with E-state index in [1.165, 1.54) is 31.2 Å². The van der Waals surface area contributed by atoms with Gasteiger partial charge in [0.15, 0.2) is 5.82 Å². The molecule has 1 aliphatic heterocycles. The number of aryl methyl sites for hydroxylation is 1. The number of ether oxygens (including phenoxy) is 1. The highest BCUT2D eigenvalue weighted by atomic mass is 32.1. The number of nitrogens with one attached hydrogen (secondary N) is 1. The van der Waals surface area contributed by atoms with E-state index in [1.807, 2.05) is 0 Å². The fourth-order valence-electron chi connectivity index (χ4n) is 3.77. The maximum Gasteiger partial charge on any atom is 0.261 e. The lowest BCUT2D eigenvalue weighted by Crippen LogP contribution is -2.12. The van der Waals surface area contributed by atoms with Gasteiger partial charge < -0.3 is 14.6 Å². The Kier molecular flexibility index (Phi) is 4.85. The van der Waals surface area contributed by atoms with E-state index in [9.17, 15) is 4.79 Å². The van der Waals surface area contributed by atoms with Crippen molar-refractivity contribution in [2.24, 2.45) is 5.92 Å². The van der Waals surface area contributed by atoms with Gasteiger partial charge in [-0.2, -0.15) is 4.98 Å². The normalized spacial score (nSPS) is 17.6. The summed E-state index contributed by atoms with van der Waals surface area (Å²) >= 11 is 1.57. The molecule has 2 aromatic rings. The topological polar surface area (TPSA) is 77.2 Å². The molecule has 2 aromatic heterocycles. The van der Waals surface area contributed by atoms with E-state index in [4.69, 9.17) is 9.26 Å².